The highest BCUT2D eigenvalue weighted by molar-refractivity contribution is 7.99. The van der Waals surface area contributed by atoms with Gasteiger partial charge in [-0.15, -0.1) is 11.8 Å². The van der Waals surface area contributed by atoms with Gasteiger partial charge in [0.2, 0.25) is 0 Å². The van der Waals surface area contributed by atoms with Crippen LogP contribution in [0, 0.1) is 5.41 Å². The molecular formula is C56H72ClN7O6S2. The van der Waals surface area contributed by atoms with Crippen molar-refractivity contribution in [3.05, 3.63) is 125 Å². The van der Waals surface area contributed by atoms with Crippen LogP contribution < -0.4 is 14.9 Å². The molecule has 0 radical (unpaired) electrons. The molecule has 1 aliphatic carbocycles. The Hall–Kier alpha value is -4.61. The standard InChI is InChI=1S/C56H72ClN7O6S2/c1-55(2,3)70-54(66)63-32-28-61(29-33-63)40-56(4)24-22-52(41-10-14-44(57)15-11-41)43(35-56)36-60-26-30-62(31-27-60)47-18-12-42(13-19-47)53(65)59-72(67,68)51-20-16-45(17-21-51)58-46(39-71-50-8-6-5-7-9-50)23-25-64-37-49-34-48(64)38-69-49/h5-21,46,48-49,58H,22-40H2,1-4H3,(H,59,65)/t46-,48-,49-,56-/m1/s1. The number of carbonyl (C=O) groups excluding carboxylic acids is 2. The summed E-state index contributed by atoms with van der Waals surface area (Å²) in [5.41, 5.74) is 5.86. The fourth-order valence-electron chi connectivity index (χ4n) is 11.0. The lowest BCUT2D eigenvalue weighted by molar-refractivity contribution is 0.0104. The number of nitrogens with zero attached hydrogens (tertiary/aromatic N) is 5. The van der Waals surface area contributed by atoms with Gasteiger partial charge in [-0.1, -0.05) is 54.4 Å². The summed E-state index contributed by atoms with van der Waals surface area (Å²) in [5, 5.41) is 4.40. The Morgan fingerprint density at radius 3 is 2.22 bits per heavy atom. The third-order valence-electron chi connectivity index (χ3n) is 14.9. The number of hydrogen-bond donors (Lipinski definition) is 2. The molecule has 2 bridgehead atoms. The minimum absolute atomic E-state index is 0.0308. The van der Waals surface area contributed by atoms with Gasteiger partial charge in [0.1, 0.15) is 5.60 Å². The number of nitrogens with one attached hydrogen (secondary N) is 2. The fraction of sp³-hybridized carbons (Fsp3) is 0.500. The van der Waals surface area contributed by atoms with Gasteiger partial charge in [0, 0.05) is 123 Å². The summed E-state index contributed by atoms with van der Waals surface area (Å²) in [6.45, 7) is 19.3. The molecule has 386 valence electrons. The van der Waals surface area contributed by atoms with E-state index in [-0.39, 0.29) is 28.0 Å². The summed E-state index contributed by atoms with van der Waals surface area (Å²) in [5.74, 6) is 0.194. The maximum atomic E-state index is 13.5. The van der Waals surface area contributed by atoms with E-state index in [2.05, 4.69) is 73.0 Å². The van der Waals surface area contributed by atoms with E-state index < -0.39 is 21.5 Å². The number of anilines is 2. The third-order valence-corrected chi connectivity index (χ3v) is 17.7. The van der Waals surface area contributed by atoms with Crippen molar-refractivity contribution in [2.45, 2.75) is 93.4 Å². The van der Waals surface area contributed by atoms with E-state index in [0.717, 1.165) is 126 Å². The Morgan fingerprint density at radius 2 is 1.57 bits per heavy atom. The van der Waals surface area contributed by atoms with Gasteiger partial charge in [-0.2, -0.15) is 0 Å². The molecule has 0 spiro atoms. The predicted octanol–water partition coefficient (Wildman–Crippen LogP) is 9.21. The lowest BCUT2D eigenvalue weighted by Gasteiger charge is -2.44. The number of thioether (sulfide) groups is 1. The van der Waals surface area contributed by atoms with E-state index in [1.165, 1.54) is 21.6 Å². The second-order valence-electron chi connectivity index (χ2n) is 21.7. The number of fused-ring (bicyclic) bond motifs is 2. The first-order valence-electron chi connectivity index (χ1n) is 25.7. The number of allylic oxidation sites excluding steroid dienone is 1. The molecule has 72 heavy (non-hydrogen) atoms. The smallest absolute Gasteiger partial charge is 0.410 e. The van der Waals surface area contributed by atoms with E-state index in [1.807, 2.05) is 67.8 Å². The van der Waals surface area contributed by atoms with Gasteiger partial charge in [0.05, 0.1) is 17.6 Å². The summed E-state index contributed by atoms with van der Waals surface area (Å²) in [6, 6.07) is 33.2. The first kappa shape index (κ1) is 52.3. The average Bonchev–Trinajstić information content (AvgIpc) is 4.00. The molecule has 0 aromatic heterocycles. The van der Waals surface area contributed by atoms with Crippen molar-refractivity contribution in [1.82, 2.24) is 24.3 Å². The number of sulfonamides is 1. The summed E-state index contributed by atoms with van der Waals surface area (Å²) in [4.78, 5) is 39.2. The lowest BCUT2D eigenvalue weighted by Crippen LogP contribution is -2.52. The van der Waals surface area contributed by atoms with E-state index >= 15 is 0 Å². The molecule has 5 aliphatic rings. The molecule has 4 aromatic carbocycles. The molecule has 9 rings (SSSR count). The van der Waals surface area contributed by atoms with Gasteiger partial charge in [0.25, 0.3) is 15.9 Å². The molecule has 4 heterocycles. The summed E-state index contributed by atoms with van der Waals surface area (Å²) >= 11 is 8.15. The number of morpholine rings is 1. The van der Waals surface area contributed by atoms with Gasteiger partial charge in [-0.05, 0) is 142 Å². The monoisotopic (exact) mass is 1040 g/mol. The summed E-state index contributed by atoms with van der Waals surface area (Å²) < 4.78 is 40.8. The maximum absolute atomic E-state index is 13.5. The molecule has 16 heteroatoms. The molecule has 0 unspecified atom stereocenters. The number of piperazine rings is 2. The van der Waals surface area contributed by atoms with Crippen molar-refractivity contribution in [3.8, 4) is 0 Å². The molecule has 4 fully saturated rings. The quantitative estimate of drug-likeness (QED) is 0.0980. The highest BCUT2D eigenvalue weighted by Gasteiger charge is 2.39. The molecule has 2 amide bonds. The van der Waals surface area contributed by atoms with Gasteiger partial charge >= 0.3 is 6.09 Å². The van der Waals surface area contributed by atoms with Crippen LogP contribution in [0.5, 0.6) is 0 Å². The van der Waals surface area contributed by atoms with Crippen molar-refractivity contribution < 1.29 is 27.5 Å². The highest BCUT2D eigenvalue weighted by Crippen LogP contribution is 2.44. The average molecular weight is 1040 g/mol. The fourth-order valence-corrected chi connectivity index (χ4v) is 13.1. The number of carbonyl (C=O) groups is 2. The van der Waals surface area contributed by atoms with Crippen molar-refractivity contribution in [2.75, 3.05) is 101 Å². The number of ether oxygens (including phenoxy) is 2. The number of hydrogen-bond acceptors (Lipinski definition) is 12. The Labute approximate surface area is 436 Å². The maximum Gasteiger partial charge on any atom is 0.410 e. The van der Waals surface area contributed by atoms with Crippen LogP contribution in [0.25, 0.3) is 5.57 Å². The molecule has 4 aromatic rings. The van der Waals surface area contributed by atoms with E-state index in [4.69, 9.17) is 21.1 Å². The minimum atomic E-state index is -4.12. The van der Waals surface area contributed by atoms with Crippen molar-refractivity contribution in [1.29, 1.82) is 0 Å². The van der Waals surface area contributed by atoms with Gasteiger partial charge in [-0.25, -0.2) is 17.9 Å². The van der Waals surface area contributed by atoms with Gasteiger partial charge < -0.3 is 24.6 Å². The largest absolute Gasteiger partial charge is 0.444 e. The zero-order chi connectivity index (χ0) is 50.5. The van der Waals surface area contributed by atoms with Gasteiger partial charge in [-0.3, -0.25) is 19.5 Å². The topological polar surface area (TPSA) is 127 Å². The SMILES string of the molecule is CC(C)(C)OC(=O)N1CCN(C[C@]2(C)CCC(c3ccc(Cl)cc3)=C(CN3CCN(c4ccc(C(=O)NS(=O)(=O)c5ccc(N[C@H](CCN6C[C@H]7C[C@@H]6CO7)CSc6ccccc6)cc5)cc4)CC3)C2)CC1. The zero-order valence-corrected chi connectivity index (χ0v) is 44.8. The molecule has 4 saturated heterocycles. The van der Waals surface area contributed by atoms with Crippen molar-refractivity contribution >= 4 is 62.3 Å². The van der Waals surface area contributed by atoms with E-state index in [0.29, 0.717) is 25.2 Å². The van der Waals surface area contributed by atoms with Gasteiger partial charge in [0.15, 0.2) is 0 Å². The lowest BCUT2D eigenvalue weighted by atomic mass is 9.71. The number of likely N-dealkylation sites (tertiary alicyclic amines) is 1. The molecule has 4 aliphatic heterocycles. The van der Waals surface area contributed by atoms with E-state index in [1.54, 1.807) is 36.4 Å². The second-order valence-corrected chi connectivity index (χ2v) is 24.9. The van der Waals surface area contributed by atoms with Crippen LogP contribution in [0.4, 0.5) is 16.2 Å². The van der Waals surface area contributed by atoms with Crippen LogP contribution in [0.15, 0.2) is 118 Å². The minimum Gasteiger partial charge on any atom is -0.444 e. The first-order valence-corrected chi connectivity index (χ1v) is 28.6. The molecule has 13 nitrogen and oxygen atoms in total. The first-order chi connectivity index (χ1) is 34.5. The highest BCUT2D eigenvalue weighted by atomic mass is 35.5. The van der Waals surface area contributed by atoms with Crippen LogP contribution >= 0.6 is 23.4 Å². The van der Waals surface area contributed by atoms with Crippen LogP contribution in [0.1, 0.15) is 75.7 Å². The molecular weight excluding hydrogens is 966 g/mol. The Balaban J connectivity index is 0.768. The summed E-state index contributed by atoms with van der Waals surface area (Å²) in [7, 11) is -4.12. The number of halogens is 1. The Kier molecular flexibility index (Phi) is 16.6. The number of rotatable bonds is 17. The van der Waals surface area contributed by atoms with Crippen molar-refractivity contribution in [3.63, 3.8) is 0 Å². The molecule has 2 N–H and O–H groups in total. The summed E-state index contributed by atoms with van der Waals surface area (Å²) in [6.07, 6.45) is 5.28. The number of amides is 2. The molecule has 0 saturated carbocycles. The predicted molar refractivity (Wildman–Crippen MR) is 290 cm³/mol. The van der Waals surface area contributed by atoms with Crippen LogP contribution in [0.3, 0.4) is 0 Å². The normalized spacial score (nSPS) is 22.8. The van der Waals surface area contributed by atoms with E-state index in [9.17, 15) is 18.0 Å². The van der Waals surface area contributed by atoms with Crippen LogP contribution in [0.2, 0.25) is 5.02 Å². The third kappa shape index (κ3) is 13.8. The van der Waals surface area contributed by atoms with Crippen LogP contribution in [-0.2, 0) is 19.5 Å². The number of benzene rings is 4. The Bertz CT molecular complexity index is 2620. The Morgan fingerprint density at radius 1 is 0.875 bits per heavy atom. The van der Waals surface area contributed by atoms with Crippen molar-refractivity contribution in [2.24, 2.45) is 5.41 Å². The zero-order valence-electron chi connectivity index (χ0n) is 42.4. The molecule has 4 atom stereocenters. The van der Waals surface area contributed by atoms with Crippen LogP contribution in [-0.4, -0.2) is 155 Å². The second kappa shape index (κ2) is 22.9.